The average molecular weight is 636 g/mol. The monoisotopic (exact) mass is 635 g/mol. The molecule has 1 nitrogen and oxygen atoms in total. The van der Waals surface area contributed by atoms with Gasteiger partial charge in [0.05, 0.1) is 0 Å². The molecule has 254 valence electrons. The van der Waals surface area contributed by atoms with Gasteiger partial charge in [0, 0.05) is 19.2 Å². The van der Waals surface area contributed by atoms with Crippen LogP contribution in [0.3, 0.4) is 0 Å². The van der Waals surface area contributed by atoms with Crippen molar-refractivity contribution in [3.8, 4) is 11.1 Å². The lowest BCUT2D eigenvalue weighted by atomic mass is 9.80. The Labute approximate surface area is 278 Å². The molecule has 4 heteroatoms. The molecule has 1 N–H and O–H groups in total. The Balaban J connectivity index is 0.000000204. The maximum absolute atomic E-state index is 10.4. The number of nitrogens with one attached hydrogen (secondary N) is 1. The predicted molar refractivity (Wildman–Crippen MR) is 193 cm³/mol. The van der Waals surface area contributed by atoms with Gasteiger partial charge in [0.25, 0.3) is 0 Å². The summed E-state index contributed by atoms with van der Waals surface area (Å²) in [5.74, 6) is 2.84. The normalized spacial score (nSPS) is 16.2. The van der Waals surface area contributed by atoms with Gasteiger partial charge in [0.1, 0.15) is 0 Å². The van der Waals surface area contributed by atoms with Gasteiger partial charge in [0.2, 0.25) is 0 Å². The van der Waals surface area contributed by atoms with Gasteiger partial charge in [0.15, 0.2) is 0 Å². The lowest BCUT2D eigenvalue weighted by molar-refractivity contribution is -0.110. The molecule has 3 fully saturated rings. The van der Waals surface area contributed by atoms with E-state index in [9.17, 15) is 13.2 Å². The Morgan fingerprint density at radius 2 is 1.17 bits per heavy atom. The molecule has 0 aliphatic heterocycles. The first kappa shape index (κ1) is 37.7. The Hall–Kier alpha value is -2.75. The van der Waals surface area contributed by atoms with Gasteiger partial charge in [-0.3, -0.25) is 0 Å². The molecule has 3 aliphatic rings. The summed E-state index contributed by atoms with van der Waals surface area (Å²) in [4.78, 5) is 0. The fourth-order valence-electron chi connectivity index (χ4n) is 6.02. The summed E-state index contributed by atoms with van der Waals surface area (Å²) < 4.78 is 31.1. The third kappa shape index (κ3) is 14.3. The summed E-state index contributed by atoms with van der Waals surface area (Å²) >= 11 is 0. The number of hydrogen-bond acceptors (Lipinski definition) is 1. The van der Waals surface area contributed by atoms with Crippen molar-refractivity contribution in [1.29, 1.82) is 0 Å². The van der Waals surface area contributed by atoms with Crippen molar-refractivity contribution in [2.45, 2.75) is 142 Å². The number of anilines is 1. The van der Waals surface area contributed by atoms with E-state index in [4.69, 9.17) is 0 Å². The maximum Gasteiger partial charge on any atom is 0.386 e. The molecule has 0 aromatic heterocycles. The highest BCUT2D eigenvalue weighted by atomic mass is 19.4. The summed E-state index contributed by atoms with van der Waals surface area (Å²) in [5, 5.41) is 3.61. The number of alkyl halides is 3. The molecule has 6 rings (SSSR count). The van der Waals surface area contributed by atoms with Crippen molar-refractivity contribution < 1.29 is 13.2 Å². The molecule has 0 atom stereocenters. The summed E-state index contributed by atoms with van der Waals surface area (Å²) in [6, 6.07) is 26.8. The van der Waals surface area contributed by atoms with Gasteiger partial charge in [-0.15, -0.1) is 0 Å². The molecular formula is C42H60F3N. The Morgan fingerprint density at radius 3 is 1.65 bits per heavy atom. The van der Waals surface area contributed by atoms with E-state index in [2.05, 4.69) is 98.9 Å². The highest BCUT2D eigenvalue weighted by molar-refractivity contribution is 5.70. The number of hydrogen-bond donors (Lipinski definition) is 1. The zero-order chi connectivity index (χ0) is 33.2. The van der Waals surface area contributed by atoms with Crippen LogP contribution in [-0.2, 0) is 0 Å². The first-order valence-corrected chi connectivity index (χ1v) is 18.2. The number of aryl methyl sites for hydroxylation is 1. The van der Waals surface area contributed by atoms with Gasteiger partial charge < -0.3 is 5.32 Å². The highest BCUT2D eigenvalue weighted by Crippen LogP contribution is 2.37. The van der Waals surface area contributed by atoms with Crippen LogP contribution in [-0.4, -0.2) is 12.7 Å². The minimum atomic E-state index is -4.00. The van der Waals surface area contributed by atoms with Crippen LogP contribution in [0.4, 0.5) is 18.9 Å². The molecule has 0 spiro atoms. The second-order valence-electron chi connectivity index (χ2n) is 13.7. The minimum absolute atomic E-state index is 0.188. The standard InChI is InChI=1S/C22H29N.C10H12.C8H16.C2H3F3/c1-3-4-5-15-23-22-16-21(10-9-17(22)2)20-13-11-19(12-14-20)18-7-6-8-18;1-2-5-9(6-3-1)10-7-4-8-10;1-2-3-5-8-6-4-7-8;1-2(3,4)5/h9-14,16,18,23H,3-8,15H2,1-2H3;1-3,5-6,10H,4,7-8H2;8H,2-7H2,1H3;1H3. The molecule has 46 heavy (non-hydrogen) atoms. The molecule has 3 aliphatic carbocycles. The van der Waals surface area contributed by atoms with E-state index < -0.39 is 6.18 Å². The summed E-state index contributed by atoms with van der Waals surface area (Å²) in [6.45, 7) is 7.97. The maximum atomic E-state index is 10.4. The van der Waals surface area contributed by atoms with Crippen LogP contribution in [0.1, 0.15) is 146 Å². The SMILES string of the molecule is CC(F)(F)F.CCCCC1CCC1.CCCCCNc1cc(-c2ccc(C3CCC3)cc2)ccc1C.c1ccc(C2CCC2)cc1. The van der Waals surface area contributed by atoms with Gasteiger partial charge in [-0.1, -0.05) is 145 Å². The molecule has 0 unspecified atom stereocenters. The smallest absolute Gasteiger partial charge is 0.385 e. The predicted octanol–water partition coefficient (Wildman–Crippen LogP) is 14.0. The second kappa shape index (κ2) is 20.5. The van der Waals surface area contributed by atoms with Crippen molar-refractivity contribution in [2.75, 3.05) is 11.9 Å². The molecular weight excluding hydrogens is 575 g/mol. The molecule has 0 saturated heterocycles. The van der Waals surface area contributed by atoms with E-state index >= 15 is 0 Å². The molecule has 0 amide bonds. The quantitative estimate of drug-likeness (QED) is 0.207. The molecule has 3 aromatic carbocycles. The van der Waals surface area contributed by atoms with Crippen LogP contribution in [0.15, 0.2) is 72.8 Å². The lowest BCUT2D eigenvalue weighted by Crippen LogP contribution is -2.09. The number of unbranched alkanes of at least 4 members (excludes halogenated alkanes) is 3. The van der Waals surface area contributed by atoms with Crippen LogP contribution in [0, 0.1) is 12.8 Å². The van der Waals surface area contributed by atoms with E-state index in [1.807, 2.05) is 0 Å². The zero-order valence-corrected chi connectivity index (χ0v) is 29.1. The average Bonchev–Trinajstić information content (AvgIpc) is 2.95. The van der Waals surface area contributed by atoms with Crippen molar-refractivity contribution >= 4 is 5.69 Å². The van der Waals surface area contributed by atoms with E-state index in [1.165, 1.54) is 130 Å². The molecule has 3 saturated carbocycles. The van der Waals surface area contributed by atoms with Crippen molar-refractivity contribution in [1.82, 2.24) is 0 Å². The van der Waals surface area contributed by atoms with Gasteiger partial charge >= 0.3 is 6.18 Å². The first-order chi connectivity index (χ1) is 22.2. The van der Waals surface area contributed by atoms with Crippen LogP contribution in [0.25, 0.3) is 11.1 Å². The summed E-state index contributed by atoms with van der Waals surface area (Å²) in [5.41, 5.74) is 8.30. The van der Waals surface area contributed by atoms with Crippen LogP contribution in [0.2, 0.25) is 0 Å². The summed E-state index contributed by atoms with van der Waals surface area (Å²) in [7, 11) is 0. The Bertz CT molecular complexity index is 1200. The summed E-state index contributed by atoms with van der Waals surface area (Å²) in [6.07, 6.45) is 17.1. The van der Waals surface area contributed by atoms with Gasteiger partial charge in [-0.05, 0) is 90.7 Å². The molecule has 0 radical (unpaired) electrons. The zero-order valence-electron chi connectivity index (χ0n) is 29.1. The molecule has 3 aromatic rings. The third-order valence-electron chi connectivity index (χ3n) is 9.72. The van der Waals surface area contributed by atoms with Crippen LogP contribution in [0.5, 0.6) is 0 Å². The van der Waals surface area contributed by atoms with E-state index in [-0.39, 0.29) is 6.92 Å². The molecule has 0 heterocycles. The minimum Gasteiger partial charge on any atom is -0.385 e. The van der Waals surface area contributed by atoms with Crippen LogP contribution < -0.4 is 5.32 Å². The second-order valence-corrected chi connectivity index (χ2v) is 13.7. The van der Waals surface area contributed by atoms with Crippen molar-refractivity contribution in [3.05, 3.63) is 89.5 Å². The number of halogens is 3. The third-order valence-corrected chi connectivity index (χ3v) is 9.72. The Kier molecular flexibility index (Phi) is 16.8. The Morgan fingerprint density at radius 1 is 0.652 bits per heavy atom. The first-order valence-electron chi connectivity index (χ1n) is 18.2. The number of benzene rings is 3. The van der Waals surface area contributed by atoms with Gasteiger partial charge in [-0.25, -0.2) is 0 Å². The fourth-order valence-corrected chi connectivity index (χ4v) is 6.02. The van der Waals surface area contributed by atoms with E-state index in [0.717, 1.165) is 24.3 Å². The van der Waals surface area contributed by atoms with Gasteiger partial charge in [-0.2, -0.15) is 13.2 Å². The van der Waals surface area contributed by atoms with E-state index in [0.29, 0.717) is 0 Å². The largest absolute Gasteiger partial charge is 0.386 e. The van der Waals surface area contributed by atoms with Crippen molar-refractivity contribution in [3.63, 3.8) is 0 Å². The van der Waals surface area contributed by atoms with Crippen LogP contribution >= 0.6 is 0 Å². The van der Waals surface area contributed by atoms with Crippen molar-refractivity contribution in [2.24, 2.45) is 5.92 Å². The lowest BCUT2D eigenvalue weighted by Gasteiger charge is -2.25. The topological polar surface area (TPSA) is 12.0 Å². The highest BCUT2D eigenvalue weighted by Gasteiger charge is 2.20. The molecule has 0 bridgehead atoms. The van der Waals surface area contributed by atoms with E-state index in [1.54, 1.807) is 0 Å². The number of rotatable bonds is 11. The fraction of sp³-hybridized carbons (Fsp3) is 0.571.